The number of nitrogens with zero attached hydrogens (tertiary/aromatic N) is 3. The lowest BCUT2D eigenvalue weighted by molar-refractivity contribution is -0.138. The molecule has 0 fully saturated rings. The summed E-state index contributed by atoms with van der Waals surface area (Å²) in [5.74, 6) is 0.0756. The highest BCUT2D eigenvalue weighted by Crippen LogP contribution is 2.31. The Morgan fingerprint density at radius 1 is 1.03 bits per heavy atom. The molecule has 0 amide bonds. The van der Waals surface area contributed by atoms with Crippen LogP contribution in [-0.2, 0) is 22.7 Å². The normalized spacial score (nSPS) is 11.2. The highest BCUT2D eigenvalue weighted by Gasteiger charge is 2.15. The standard InChI is InChI=1S/C28H29N3O4/c1-4-31(17-26(32)33)16-20-9-7-10-21(14-20)27-29-28(35-30-27)22-12-13-25(23(15-22)18-34-3)24-11-6-5-8-19(24)2/h5-15H,4,16-18H2,1-3H3,(H,32,33). The van der Waals surface area contributed by atoms with E-state index in [4.69, 9.17) is 14.4 Å². The van der Waals surface area contributed by atoms with Gasteiger partial charge in [-0.05, 0) is 59.5 Å². The highest BCUT2D eigenvalue weighted by molar-refractivity contribution is 5.74. The largest absolute Gasteiger partial charge is 0.480 e. The lowest BCUT2D eigenvalue weighted by Gasteiger charge is -2.18. The van der Waals surface area contributed by atoms with Gasteiger partial charge in [0.2, 0.25) is 5.82 Å². The molecule has 0 saturated carbocycles. The number of aromatic nitrogens is 2. The van der Waals surface area contributed by atoms with Gasteiger partial charge in [-0.2, -0.15) is 4.98 Å². The van der Waals surface area contributed by atoms with Crippen LogP contribution in [0.5, 0.6) is 0 Å². The smallest absolute Gasteiger partial charge is 0.317 e. The van der Waals surface area contributed by atoms with Crippen molar-refractivity contribution < 1.29 is 19.2 Å². The van der Waals surface area contributed by atoms with Gasteiger partial charge in [0, 0.05) is 24.8 Å². The van der Waals surface area contributed by atoms with Crippen molar-refractivity contribution >= 4 is 5.97 Å². The van der Waals surface area contributed by atoms with Crippen LogP contribution in [0.3, 0.4) is 0 Å². The molecule has 7 nitrogen and oxygen atoms in total. The molecule has 0 aliphatic heterocycles. The fourth-order valence-corrected chi connectivity index (χ4v) is 4.14. The number of aliphatic carboxylic acids is 1. The summed E-state index contributed by atoms with van der Waals surface area (Å²) in [4.78, 5) is 17.6. The average molecular weight is 472 g/mol. The van der Waals surface area contributed by atoms with Gasteiger partial charge in [0.15, 0.2) is 0 Å². The third-order valence-corrected chi connectivity index (χ3v) is 5.91. The molecule has 1 heterocycles. The Balaban J connectivity index is 1.61. The van der Waals surface area contributed by atoms with Gasteiger partial charge in [-0.15, -0.1) is 0 Å². The molecular formula is C28H29N3O4. The second-order valence-electron chi connectivity index (χ2n) is 8.44. The Bertz CT molecular complexity index is 1320. The van der Waals surface area contributed by atoms with Gasteiger partial charge in [0.05, 0.1) is 13.2 Å². The predicted octanol–water partition coefficient (Wildman–Crippen LogP) is 5.43. The number of benzene rings is 3. The molecule has 0 radical (unpaired) electrons. The van der Waals surface area contributed by atoms with Crippen LogP contribution in [-0.4, -0.2) is 46.3 Å². The second-order valence-corrected chi connectivity index (χ2v) is 8.44. The number of carboxylic acid groups (broad SMARTS) is 1. The van der Waals surface area contributed by atoms with Crippen LogP contribution >= 0.6 is 0 Å². The molecule has 0 saturated heterocycles. The van der Waals surface area contributed by atoms with E-state index in [1.165, 1.54) is 5.56 Å². The van der Waals surface area contributed by atoms with Crippen LogP contribution in [0.1, 0.15) is 23.6 Å². The summed E-state index contributed by atoms with van der Waals surface area (Å²) in [6, 6.07) is 22.1. The zero-order chi connectivity index (χ0) is 24.8. The number of ether oxygens (including phenoxy) is 1. The first kappa shape index (κ1) is 24.3. The molecule has 4 rings (SSSR count). The number of likely N-dealkylation sites (N-methyl/N-ethyl adjacent to an activating group) is 1. The van der Waals surface area contributed by atoms with Gasteiger partial charge in [0.25, 0.3) is 5.89 Å². The molecule has 4 aromatic rings. The molecular weight excluding hydrogens is 442 g/mol. The Labute approximate surface area is 205 Å². The summed E-state index contributed by atoms with van der Waals surface area (Å²) in [5, 5.41) is 13.3. The van der Waals surface area contributed by atoms with Crippen LogP contribution in [0, 0.1) is 6.92 Å². The molecule has 0 aliphatic rings. The van der Waals surface area contributed by atoms with Crippen molar-refractivity contribution in [1.82, 2.24) is 15.0 Å². The Morgan fingerprint density at radius 3 is 2.60 bits per heavy atom. The summed E-state index contributed by atoms with van der Waals surface area (Å²) in [6.45, 7) is 5.67. The van der Waals surface area contributed by atoms with E-state index in [0.717, 1.165) is 33.4 Å². The van der Waals surface area contributed by atoms with Gasteiger partial charge in [-0.3, -0.25) is 9.69 Å². The molecule has 0 spiro atoms. The summed E-state index contributed by atoms with van der Waals surface area (Å²) in [7, 11) is 1.68. The third-order valence-electron chi connectivity index (χ3n) is 5.91. The summed E-state index contributed by atoms with van der Waals surface area (Å²) >= 11 is 0. The van der Waals surface area contributed by atoms with Crippen molar-refractivity contribution in [3.05, 3.63) is 83.4 Å². The molecule has 1 N–H and O–H groups in total. The fourth-order valence-electron chi connectivity index (χ4n) is 4.14. The molecule has 0 bridgehead atoms. The van der Waals surface area contributed by atoms with Gasteiger partial charge in [0.1, 0.15) is 0 Å². The van der Waals surface area contributed by atoms with E-state index in [9.17, 15) is 4.79 Å². The first-order chi connectivity index (χ1) is 17.0. The van der Waals surface area contributed by atoms with E-state index in [2.05, 4.69) is 35.3 Å². The summed E-state index contributed by atoms with van der Waals surface area (Å²) in [5.41, 5.74) is 7.14. The Hall–Kier alpha value is -3.81. The molecule has 0 aliphatic carbocycles. The lowest BCUT2D eigenvalue weighted by atomic mass is 9.94. The van der Waals surface area contributed by atoms with Gasteiger partial charge in [-0.25, -0.2) is 0 Å². The minimum atomic E-state index is -0.841. The maximum absolute atomic E-state index is 11.1. The van der Waals surface area contributed by atoms with Crippen molar-refractivity contribution in [2.24, 2.45) is 0 Å². The molecule has 0 atom stereocenters. The van der Waals surface area contributed by atoms with Gasteiger partial charge in [-0.1, -0.05) is 60.6 Å². The quantitative estimate of drug-likeness (QED) is 0.330. The van der Waals surface area contributed by atoms with E-state index < -0.39 is 5.97 Å². The zero-order valence-corrected chi connectivity index (χ0v) is 20.2. The number of carbonyl (C=O) groups is 1. The number of carboxylic acids is 1. The molecule has 35 heavy (non-hydrogen) atoms. The second kappa shape index (κ2) is 11.1. The highest BCUT2D eigenvalue weighted by atomic mass is 16.5. The first-order valence-corrected chi connectivity index (χ1v) is 11.5. The van der Waals surface area contributed by atoms with Crippen molar-refractivity contribution in [3.8, 4) is 34.0 Å². The maximum Gasteiger partial charge on any atom is 0.317 e. The van der Waals surface area contributed by atoms with E-state index in [0.29, 0.717) is 31.4 Å². The van der Waals surface area contributed by atoms with E-state index >= 15 is 0 Å². The van der Waals surface area contributed by atoms with E-state index in [-0.39, 0.29) is 6.54 Å². The van der Waals surface area contributed by atoms with E-state index in [1.54, 1.807) is 7.11 Å². The van der Waals surface area contributed by atoms with Crippen LogP contribution in [0.25, 0.3) is 34.0 Å². The van der Waals surface area contributed by atoms with Crippen LogP contribution in [0.2, 0.25) is 0 Å². The topological polar surface area (TPSA) is 88.7 Å². The monoisotopic (exact) mass is 471 g/mol. The first-order valence-electron chi connectivity index (χ1n) is 11.5. The number of methoxy groups -OCH3 is 1. The van der Waals surface area contributed by atoms with E-state index in [1.807, 2.05) is 60.4 Å². The zero-order valence-electron chi connectivity index (χ0n) is 20.2. The lowest BCUT2D eigenvalue weighted by Crippen LogP contribution is -2.29. The number of aryl methyl sites for hydroxylation is 1. The van der Waals surface area contributed by atoms with Crippen LogP contribution in [0.15, 0.2) is 71.3 Å². The number of hydrogen-bond acceptors (Lipinski definition) is 6. The van der Waals surface area contributed by atoms with Gasteiger partial charge < -0.3 is 14.4 Å². The Kier molecular flexibility index (Phi) is 7.70. The molecule has 180 valence electrons. The van der Waals surface area contributed by atoms with Crippen LogP contribution < -0.4 is 0 Å². The van der Waals surface area contributed by atoms with Gasteiger partial charge >= 0.3 is 5.97 Å². The van der Waals surface area contributed by atoms with Crippen LogP contribution in [0.4, 0.5) is 0 Å². The molecule has 7 heteroatoms. The fraction of sp³-hybridized carbons (Fsp3) is 0.250. The predicted molar refractivity (Wildman–Crippen MR) is 135 cm³/mol. The molecule has 1 aromatic heterocycles. The van der Waals surface area contributed by atoms with Crippen molar-refractivity contribution in [2.75, 3.05) is 20.2 Å². The summed E-state index contributed by atoms with van der Waals surface area (Å²) in [6.07, 6.45) is 0. The number of hydrogen-bond donors (Lipinski definition) is 1. The van der Waals surface area contributed by atoms with Crippen molar-refractivity contribution in [3.63, 3.8) is 0 Å². The molecule has 3 aromatic carbocycles. The SMILES string of the molecule is CCN(CC(=O)O)Cc1cccc(-c2noc(-c3ccc(-c4ccccc4C)c(COC)c3)n2)c1. The Morgan fingerprint density at radius 2 is 1.86 bits per heavy atom. The molecule has 0 unspecified atom stereocenters. The summed E-state index contributed by atoms with van der Waals surface area (Å²) < 4.78 is 11.1. The third kappa shape index (κ3) is 5.82. The van der Waals surface area contributed by atoms with Crippen molar-refractivity contribution in [2.45, 2.75) is 27.0 Å². The number of rotatable bonds is 10. The maximum atomic E-state index is 11.1. The minimum absolute atomic E-state index is 0.00457. The minimum Gasteiger partial charge on any atom is -0.480 e. The van der Waals surface area contributed by atoms with Crippen molar-refractivity contribution in [1.29, 1.82) is 0 Å². The average Bonchev–Trinajstić information content (AvgIpc) is 3.35.